The van der Waals surface area contributed by atoms with Gasteiger partial charge in [0.25, 0.3) is 0 Å². The van der Waals surface area contributed by atoms with Crippen molar-refractivity contribution in [1.29, 1.82) is 0 Å². The number of hydrogen-bond donors (Lipinski definition) is 2. The van der Waals surface area contributed by atoms with E-state index in [4.69, 9.17) is 0 Å². The van der Waals surface area contributed by atoms with Crippen LogP contribution in [0.4, 0.5) is 0 Å². The van der Waals surface area contributed by atoms with Crippen LogP contribution in [0.5, 0.6) is 0 Å². The summed E-state index contributed by atoms with van der Waals surface area (Å²) in [5.74, 6) is 1.08. The number of rotatable bonds is 15. The minimum Gasteiger partial charge on any atom is -0.273 e. The SMILES string of the molecule is CC(C)C/C=N/NC(=O)CCCCCCCCC(=O)N/N=C/CC(C)C. The molecule has 0 bridgehead atoms. The molecule has 2 amide bonds. The molecular weight excluding hydrogens is 328 g/mol. The Bertz CT molecular complexity index is 392. The maximum absolute atomic E-state index is 11.6. The number of hydrogen-bond acceptors (Lipinski definition) is 4. The second kappa shape index (κ2) is 16.7. The lowest BCUT2D eigenvalue weighted by molar-refractivity contribution is -0.122. The lowest BCUT2D eigenvalue weighted by Gasteiger charge is -2.03. The lowest BCUT2D eigenvalue weighted by atomic mass is 10.1. The van der Waals surface area contributed by atoms with Crippen LogP contribution in [-0.2, 0) is 9.59 Å². The highest BCUT2D eigenvalue weighted by molar-refractivity contribution is 5.77. The molecule has 0 saturated heterocycles. The van der Waals surface area contributed by atoms with Crippen molar-refractivity contribution in [3.05, 3.63) is 0 Å². The van der Waals surface area contributed by atoms with E-state index in [0.717, 1.165) is 51.4 Å². The van der Waals surface area contributed by atoms with Gasteiger partial charge >= 0.3 is 0 Å². The van der Waals surface area contributed by atoms with E-state index < -0.39 is 0 Å². The summed E-state index contributed by atoms with van der Waals surface area (Å²) < 4.78 is 0. The molecule has 0 atom stereocenters. The monoisotopic (exact) mass is 366 g/mol. The molecule has 0 aromatic carbocycles. The maximum Gasteiger partial charge on any atom is 0.240 e. The van der Waals surface area contributed by atoms with Crippen molar-refractivity contribution >= 4 is 24.2 Å². The first-order chi connectivity index (χ1) is 12.4. The van der Waals surface area contributed by atoms with Gasteiger partial charge in [-0.15, -0.1) is 0 Å². The standard InChI is InChI=1S/C20H38N4O2/c1-17(2)13-15-21-23-19(25)11-9-7-5-6-8-10-12-20(26)24-22-16-14-18(3)4/h15-18H,5-14H2,1-4H3,(H,23,25)(H,24,26)/b21-15+,22-16+. The predicted octanol–water partition coefficient (Wildman–Crippen LogP) is 4.40. The summed E-state index contributed by atoms with van der Waals surface area (Å²) in [5, 5.41) is 7.86. The molecule has 0 heterocycles. The predicted molar refractivity (Wildman–Crippen MR) is 109 cm³/mol. The molecule has 0 fully saturated rings. The number of nitrogens with zero attached hydrogens (tertiary/aromatic N) is 2. The average molecular weight is 367 g/mol. The van der Waals surface area contributed by atoms with Crippen LogP contribution in [0.1, 0.15) is 91.9 Å². The largest absolute Gasteiger partial charge is 0.273 e. The van der Waals surface area contributed by atoms with Crippen molar-refractivity contribution in [2.45, 2.75) is 91.9 Å². The third-order valence-corrected chi connectivity index (χ3v) is 3.77. The van der Waals surface area contributed by atoms with Crippen LogP contribution < -0.4 is 10.9 Å². The van der Waals surface area contributed by atoms with Gasteiger partial charge in [-0.25, -0.2) is 10.9 Å². The highest BCUT2D eigenvalue weighted by Crippen LogP contribution is 2.08. The fourth-order valence-corrected chi connectivity index (χ4v) is 2.15. The van der Waals surface area contributed by atoms with Gasteiger partial charge < -0.3 is 0 Å². The van der Waals surface area contributed by atoms with Gasteiger partial charge in [0, 0.05) is 25.3 Å². The van der Waals surface area contributed by atoms with Gasteiger partial charge in [0.15, 0.2) is 0 Å². The smallest absolute Gasteiger partial charge is 0.240 e. The zero-order chi connectivity index (χ0) is 19.6. The van der Waals surface area contributed by atoms with E-state index >= 15 is 0 Å². The molecule has 0 radical (unpaired) electrons. The molecule has 0 unspecified atom stereocenters. The van der Waals surface area contributed by atoms with Crippen LogP contribution in [0.25, 0.3) is 0 Å². The van der Waals surface area contributed by atoms with E-state index in [1.54, 1.807) is 12.4 Å². The van der Waals surface area contributed by atoms with Gasteiger partial charge in [-0.2, -0.15) is 10.2 Å². The fraction of sp³-hybridized carbons (Fsp3) is 0.800. The molecule has 0 aliphatic rings. The molecule has 6 nitrogen and oxygen atoms in total. The zero-order valence-electron chi connectivity index (χ0n) is 17.1. The highest BCUT2D eigenvalue weighted by Gasteiger charge is 2.01. The van der Waals surface area contributed by atoms with Crippen LogP contribution >= 0.6 is 0 Å². The van der Waals surface area contributed by atoms with Crippen molar-refractivity contribution in [2.75, 3.05) is 0 Å². The number of carbonyl (C=O) groups is 2. The normalized spacial score (nSPS) is 11.8. The van der Waals surface area contributed by atoms with Gasteiger partial charge in [-0.1, -0.05) is 53.4 Å². The number of hydrazone groups is 2. The average Bonchev–Trinajstić information content (AvgIpc) is 2.57. The van der Waals surface area contributed by atoms with Crippen LogP contribution in [0.3, 0.4) is 0 Å². The topological polar surface area (TPSA) is 82.9 Å². The van der Waals surface area contributed by atoms with E-state index in [2.05, 4.69) is 48.7 Å². The Morgan fingerprint density at radius 1 is 0.692 bits per heavy atom. The fourth-order valence-electron chi connectivity index (χ4n) is 2.15. The number of amides is 2. The summed E-state index contributed by atoms with van der Waals surface area (Å²) in [6.45, 7) is 8.45. The first-order valence-corrected chi connectivity index (χ1v) is 10.0. The zero-order valence-corrected chi connectivity index (χ0v) is 17.1. The third-order valence-electron chi connectivity index (χ3n) is 3.77. The molecule has 2 N–H and O–H groups in total. The molecule has 0 aliphatic carbocycles. The second-order valence-corrected chi connectivity index (χ2v) is 7.57. The molecular formula is C20H38N4O2. The van der Waals surface area contributed by atoms with Crippen molar-refractivity contribution in [3.63, 3.8) is 0 Å². The molecule has 0 aliphatic heterocycles. The molecule has 0 aromatic heterocycles. The Morgan fingerprint density at radius 2 is 1.04 bits per heavy atom. The van der Waals surface area contributed by atoms with Crippen LogP contribution in [0, 0.1) is 11.8 Å². The molecule has 150 valence electrons. The molecule has 0 rings (SSSR count). The molecule has 26 heavy (non-hydrogen) atoms. The maximum atomic E-state index is 11.6. The van der Waals surface area contributed by atoms with Gasteiger partial charge in [0.05, 0.1) is 0 Å². The summed E-state index contributed by atoms with van der Waals surface area (Å²) in [6, 6.07) is 0. The van der Waals surface area contributed by atoms with E-state index in [1.807, 2.05) is 0 Å². The number of carbonyl (C=O) groups excluding carboxylic acids is 2. The lowest BCUT2D eigenvalue weighted by Crippen LogP contribution is -2.17. The Labute approximate surface area is 159 Å². The van der Waals surface area contributed by atoms with Crippen LogP contribution in [0.15, 0.2) is 10.2 Å². The minimum atomic E-state index is -0.0142. The number of unbranched alkanes of at least 4 members (excludes halogenated alkanes) is 5. The summed E-state index contributed by atoms with van der Waals surface area (Å²) in [5.41, 5.74) is 5.13. The second-order valence-electron chi connectivity index (χ2n) is 7.57. The summed E-state index contributed by atoms with van der Waals surface area (Å²) in [4.78, 5) is 23.1. The van der Waals surface area contributed by atoms with E-state index in [9.17, 15) is 9.59 Å². The van der Waals surface area contributed by atoms with E-state index in [-0.39, 0.29) is 11.8 Å². The van der Waals surface area contributed by atoms with Crippen molar-refractivity contribution < 1.29 is 9.59 Å². The first kappa shape index (κ1) is 24.3. The van der Waals surface area contributed by atoms with Crippen LogP contribution in [-0.4, -0.2) is 24.2 Å². The Hall–Kier alpha value is -1.72. The Balaban J connectivity index is 3.42. The molecule has 0 saturated carbocycles. The van der Waals surface area contributed by atoms with Gasteiger partial charge in [-0.3, -0.25) is 9.59 Å². The van der Waals surface area contributed by atoms with Crippen molar-refractivity contribution in [2.24, 2.45) is 22.0 Å². The molecule has 6 heteroatoms. The number of nitrogens with one attached hydrogen (secondary N) is 2. The summed E-state index contributed by atoms with van der Waals surface area (Å²) >= 11 is 0. The minimum absolute atomic E-state index is 0.0142. The summed E-state index contributed by atoms with van der Waals surface area (Å²) in [7, 11) is 0. The first-order valence-electron chi connectivity index (χ1n) is 10.0. The molecule has 0 aromatic rings. The van der Waals surface area contributed by atoms with Gasteiger partial charge in [0.2, 0.25) is 11.8 Å². The van der Waals surface area contributed by atoms with Crippen LogP contribution in [0.2, 0.25) is 0 Å². The van der Waals surface area contributed by atoms with Gasteiger partial charge in [0.1, 0.15) is 0 Å². The molecule has 0 spiro atoms. The van der Waals surface area contributed by atoms with Crippen molar-refractivity contribution in [3.8, 4) is 0 Å². The van der Waals surface area contributed by atoms with E-state index in [0.29, 0.717) is 24.7 Å². The Morgan fingerprint density at radius 3 is 1.38 bits per heavy atom. The van der Waals surface area contributed by atoms with Crippen molar-refractivity contribution in [1.82, 2.24) is 10.9 Å². The highest BCUT2D eigenvalue weighted by atomic mass is 16.2. The van der Waals surface area contributed by atoms with E-state index in [1.165, 1.54) is 0 Å². The quantitative estimate of drug-likeness (QED) is 0.256. The van der Waals surface area contributed by atoms with Gasteiger partial charge in [-0.05, 0) is 37.5 Å². The Kier molecular flexibility index (Phi) is 15.6. The summed E-state index contributed by atoms with van der Waals surface area (Å²) in [6.07, 6.45) is 12.4. The third kappa shape index (κ3) is 18.6.